The molecular formula is C16H23NO4. The molecule has 1 aromatic carbocycles. The molecule has 21 heavy (non-hydrogen) atoms. The molecular weight excluding hydrogens is 270 g/mol. The first-order valence-corrected chi connectivity index (χ1v) is 6.86. The van der Waals surface area contributed by atoms with E-state index in [-0.39, 0.29) is 29.4 Å². The van der Waals surface area contributed by atoms with Crippen LogP contribution in [0, 0.1) is 5.41 Å². The van der Waals surface area contributed by atoms with Gasteiger partial charge in [-0.2, -0.15) is 0 Å². The highest BCUT2D eigenvalue weighted by Gasteiger charge is 2.24. The minimum atomic E-state index is -1.03. The maximum Gasteiger partial charge on any atom is 0.335 e. The molecule has 0 aromatic heterocycles. The molecule has 1 aromatic rings. The van der Waals surface area contributed by atoms with Crippen LogP contribution in [-0.2, 0) is 16.0 Å². The maximum absolute atomic E-state index is 12.0. The summed E-state index contributed by atoms with van der Waals surface area (Å²) in [5, 5.41) is 11.9. The average Bonchev–Trinajstić information content (AvgIpc) is 2.38. The third kappa shape index (κ3) is 5.19. The van der Waals surface area contributed by atoms with Crippen LogP contribution in [0.1, 0.15) is 36.7 Å². The Kier molecular flexibility index (Phi) is 5.90. The summed E-state index contributed by atoms with van der Waals surface area (Å²) in [6.45, 7) is 6.50. The van der Waals surface area contributed by atoms with E-state index in [0.717, 1.165) is 0 Å². The van der Waals surface area contributed by atoms with E-state index in [1.54, 1.807) is 25.3 Å². The van der Waals surface area contributed by atoms with Crippen LogP contribution in [0.5, 0.6) is 0 Å². The number of carboxylic acid groups (broad SMARTS) is 1. The first-order valence-electron chi connectivity index (χ1n) is 6.86. The Morgan fingerprint density at radius 1 is 1.29 bits per heavy atom. The predicted molar refractivity (Wildman–Crippen MR) is 80.4 cm³/mol. The van der Waals surface area contributed by atoms with E-state index in [4.69, 9.17) is 9.84 Å². The number of carbonyl (C=O) groups excluding carboxylic acids is 1. The zero-order valence-electron chi connectivity index (χ0n) is 13.0. The lowest BCUT2D eigenvalue weighted by Crippen LogP contribution is -2.41. The first-order chi connectivity index (χ1) is 9.75. The number of nitrogens with one attached hydrogen (secondary N) is 1. The fraction of sp³-hybridized carbons (Fsp3) is 0.500. The zero-order chi connectivity index (χ0) is 16.0. The normalized spacial score (nSPS) is 12.8. The summed E-state index contributed by atoms with van der Waals surface area (Å²) < 4.78 is 5.37. The third-order valence-electron chi connectivity index (χ3n) is 3.33. The second-order valence-electron chi connectivity index (χ2n) is 6.03. The van der Waals surface area contributed by atoms with Crippen molar-refractivity contribution in [2.24, 2.45) is 5.41 Å². The van der Waals surface area contributed by atoms with Gasteiger partial charge in [0.2, 0.25) is 5.91 Å². The molecule has 1 atom stereocenters. The highest BCUT2D eigenvalue weighted by Crippen LogP contribution is 2.21. The molecule has 2 N–H and O–H groups in total. The topological polar surface area (TPSA) is 75.6 Å². The summed E-state index contributed by atoms with van der Waals surface area (Å²) in [6, 6.07) is 6.52. The van der Waals surface area contributed by atoms with Gasteiger partial charge < -0.3 is 15.2 Å². The van der Waals surface area contributed by atoms with Crippen LogP contribution >= 0.6 is 0 Å². The molecule has 0 aliphatic heterocycles. The van der Waals surface area contributed by atoms with Crippen molar-refractivity contribution >= 4 is 11.9 Å². The number of amides is 1. The van der Waals surface area contributed by atoms with Gasteiger partial charge in [-0.1, -0.05) is 39.0 Å². The Hall–Kier alpha value is -1.88. The molecule has 0 saturated heterocycles. The zero-order valence-corrected chi connectivity index (χ0v) is 13.0. The smallest absolute Gasteiger partial charge is 0.335 e. The number of methoxy groups -OCH3 is 1. The van der Waals surface area contributed by atoms with Gasteiger partial charge in [-0.15, -0.1) is 0 Å². The van der Waals surface area contributed by atoms with Crippen LogP contribution in [0.15, 0.2) is 24.3 Å². The summed E-state index contributed by atoms with van der Waals surface area (Å²) in [4.78, 5) is 23.1. The number of ether oxygens (including phenoxy) is 1. The second-order valence-corrected chi connectivity index (χ2v) is 6.03. The van der Waals surface area contributed by atoms with Crippen LogP contribution in [-0.4, -0.2) is 36.7 Å². The van der Waals surface area contributed by atoms with Gasteiger partial charge in [0.25, 0.3) is 0 Å². The fourth-order valence-electron chi connectivity index (χ4n) is 2.07. The SMILES string of the molecule is COC(CNC(=O)Cc1ccccc1C(=O)O)C(C)(C)C. The number of hydrogen-bond donors (Lipinski definition) is 2. The van der Waals surface area contributed by atoms with Crippen molar-refractivity contribution in [2.75, 3.05) is 13.7 Å². The van der Waals surface area contributed by atoms with Crippen LogP contribution < -0.4 is 5.32 Å². The molecule has 1 unspecified atom stereocenters. The molecule has 0 radical (unpaired) electrons. The predicted octanol–water partition coefficient (Wildman–Crippen LogP) is 2.10. The molecule has 0 fully saturated rings. The number of carbonyl (C=O) groups is 2. The van der Waals surface area contributed by atoms with E-state index < -0.39 is 5.97 Å². The molecule has 0 aliphatic rings. The third-order valence-corrected chi connectivity index (χ3v) is 3.33. The number of benzene rings is 1. The van der Waals surface area contributed by atoms with Crippen LogP contribution in [0.2, 0.25) is 0 Å². The lowest BCUT2D eigenvalue weighted by molar-refractivity contribution is -0.121. The van der Waals surface area contributed by atoms with Gasteiger partial charge in [0, 0.05) is 13.7 Å². The lowest BCUT2D eigenvalue weighted by Gasteiger charge is -2.29. The number of rotatable bonds is 6. The summed E-state index contributed by atoms with van der Waals surface area (Å²) in [7, 11) is 1.61. The number of carboxylic acids is 1. The molecule has 0 saturated carbocycles. The lowest BCUT2D eigenvalue weighted by atomic mass is 9.89. The van der Waals surface area contributed by atoms with E-state index in [0.29, 0.717) is 12.1 Å². The van der Waals surface area contributed by atoms with Gasteiger partial charge in [0.15, 0.2) is 0 Å². The summed E-state index contributed by atoms with van der Waals surface area (Å²) in [5.74, 6) is -1.24. The fourth-order valence-corrected chi connectivity index (χ4v) is 2.07. The van der Waals surface area contributed by atoms with Gasteiger partial charge in [0.05, 0.1) is 18.1 Å². The van der Waals surface area contributed by atoms with Crippen molar-refractivity contribution in [3.05, 3.63) is 35.4 Å². The molecule has 0 aliphatic carbocycles. The second kappa shape index (κ2) is 7.22. The van der Waals surface area contributed by atoms with Gasteiger partial charge >= 0.3 is 5.97 Å². The highest BCUT2D eigenvalue weighted by molar-refractivity contribution is 5.91. The summed E-state index contributed by atoms with van der Waals surface area (Å²) in [5.41, 5.74) is 0.583. The monoisotopic (exact) mass is 293 g/mol. The van der Waals surface area contributed by atoms with Crippen molar-refractivity contribution < 1.29 is 19.4 Å². The quantitative estimate of drug-likeness (QED) is 0.842. The number of aromatic carboxylic acids is 1. The molecule has 0 bridgehead atoms. The van der Waals surface area contributed by atoms with Gasteiger partial charge in [-0.3, -0.25) is 4.79 Å². The molecule has 1 rings (SSSR count). The Labute approximate surface area is 125 Å². The molecule has 1 amide bonds. The van der Waals surface area contributed by atoms with E-state index in [1.807, 2.05) is 20.8 Å². The Morgan fingerprint density at radius 2 is 1.90 bits per heavy atom. The van der Waals surface area contributed by atoms with Crippen LogP contribution in [0.3, 0.4) is 0 Å². The van der Waals surface area contributed by atoms with Crippen LogP contribution in [0.25, 0.3) is 0 Å². The Balaban J connectivity index is 2.65. The minimum absolute atomic E-state index is 0.0447. The van der Waals surface area contributed by atoms with Crippen molar-refractivity contribution in [2.45, 2.75) is 33.3 Å². The Bertz CT molecular complexity index is 505. The van der Waals surface area contributed by atoms with E-state index in [2.05, 4.69) is 5.32 Å². The highest BCUT2D eigenvalue weighted by atomic mass is 16.5. The van der Waals surface area contributed by atoms with Crippen molar-refractivity contribution in [1.82, 2.24) is 5.32 Å². The van der Waals surface area contributed by atoms with E-state index >= 15 is 0 Å². The molecule has 5 nitrogen and oxygen atoms in total. The maximum atomic E-state index is 12.0. The van der Waals surface area contributed by atoms with E-state index in [9.17, 15) is 9.59 Å². The molecule has 0 heterocycles. The minimum Gasteiger partial charge on any atom is -0.478 e. The van der Waals surface area contributed by atoms with Crippen molar-refractivity contribution in [1.29, 1.82) is 0 Å². The van der Waals surface area contributed by atoms with Gasteiger partial charge in [0.1, 0.15) is 0 Å². The van der Waals surface area contributed by atoms with Crippen LogP contribution in [0.4, 0.5) is 0 Å². The summed E-state index contributed by atoms with van der Waals surface area (Å²) in [6.07, 6.45) is -0.0561. The molecule has 0 spiro atoms. The first kappa shape index (κ1) is 17.2. The van der Waals surface area contributed by atoms with Crippen molar-refractivity contribution in [3.8, 4) is 0 Å². The van der Waals surface area contributed by atoms with Gasteiger partial charge in [-0.25, -0.2) is 4.79 Å². The van der Waals surface area contributed by atoms with E-state index in [1.165, 1.54) is 6.07 Å². The summed E-state index contributed by atoms with van der Waals surface area (Å²) >= 11 is 0. The Morgan fingerprint density at radius 3 is 2.43 bits per heavy atom. The molecule has 5 heteroatoms. The largest absolute Gasteiger partial charge is 0.478 e. The number of hydrogen-bond acceptors (Lipinski definition) is 3. The van der Waals surface area contributed by atoms with Crippen molar-refractivity contribution in [3.63, 3.8) is 0 Å². The standard InChI is InChI=1S/C16H23NO4/c1-16(2,3)13(21-4)10-17-14(18)9-11-7-5-6-8-12(11)15(19)20/h5-8,13H,9-10H2,1-4H3,(H,17,18)(H,19,20). The van der Waals surface area contributed by atoms with Gasteiger partial charge in [-0.05, 0) is 17.0 Å². The average molecular weight is 293 g/mol. The molecule has 116 valence electrons.